The summed E-state index contributed by atoms with van der Waals surface area (Å²) in [6.45, 7) is 6.71. The largest absolute Gasteiger partial charge is 0.457 e. The van der Waals surface area contributed by atoms with Gasteiger partial charge in [-0.25, -0.2) is 9.36 Å². The lowest BCUT2D eigenvalue weighted by atomic mass is 10.1. The topological polar surface area (TPSA) is 82.1 Å². The number of aryl methyl sites for hydroxylation is 1. The van der Waals surface area contributed by atoms with E-state index in [9.17, 15) is 14.3 Å². The highest BCUT2D eigenvalue weighted by molar-refractivity contribution is 7.99. The molecule has 0 fully saturated rings. The van der Waals surface area contributed by atoms with E-state index in [0.29, 0.717) is 24.7 Å². The summed E-state index contributed by atoms with van der Waals surface area (Å²) in [6, 6.07) is 10.7. The average molecular weight is 559 g/mol. The highest BCUT2D eigenvalue weighted by atomic mass is 32.2. The van der Waals surface area contributed by atoms with Crippen LogP contribution in [0.5, 0.6) is 0 Å². The predicted octanol–water partition coefficient (Wildman–Crippen LogP) is 8.80. The summed E-state index contributed by atoms with van der Waals surface area (Å²) in [4.78, 5) is 21.3. The smallest absolute Gasteiger partial charge is 0.435 e. The molecule has 0 saturated carbocycles. The molecule has 3 unspecified atom stereocenters. The molecule has 8 heteroatoms. The number of unbranched alkanes of at least 4 members (excludes halogenated alkanes) is 7. The van der Waals surface area contributed by atoms with Gasteiger partial charge in [0.05, 0.1) is 19.3 Å². The summed E-state index contributed by atoms with van der Waals surface area (Å²) >= 11 is 2.03. The number of hydrogen-bond donors (Lipinski definition) is 1. The number of thioether (sulfide) groups is 1. The van der Waals surface area contributed by atoms with Gasteiger partial charge in [-0.3, -0.25) is 0 Å². The molecule has 0 heterocycles. The molecule has 0 aliphatic carbocycles. The Hall–Kier alpha value is -0.850. The molecular weight excluding hydrogens is 507 g/mol. The Morgan fingerprint density at radius 1 is 0.892 bits per heavy atom. The molecule has 0 aliphatic rings. The van der Waals surface area contributed by atoms with E-state index in [4.69, 9.17) is 14.0 Å². The molecule has 1 aromatic rings. The van der Waals surface area contributed by atoms with E-state index in [1.54, 1.807) is 0 Å². The molecular formula is C29H51O6PS. The van der Waals surface area contributed by atoms with Crippen molar-refractivity contribution < 1.29 is 28.3 Å². The van der Waals surface area contributed by atoms with Gasteiger partial charge in [0.25, 0.3) is 0 Å². The fourth-order valence-corrected chi connectivity index (χ4v) is 6.11. The first kappa shape index (κ1) is 34.2. The van der Waals surface area contributed by atoms with E-state index in [2.05, 4.69) is 44.2 Å². The predicted molar refractivity (Wildman–Crippen MR) is 156 cm³/mol. The molecule has 0 spiro atoms. The molecule has 0 aliphatic heterocycles. The van der Waals surface area contributed by atoms with Crippen LogP contribution in [0.4, 0.5) is 4.79 Å². The van der Waals surface area contributed by atoms with Crippen LogP contribution >= 0.6 is 19.4 Å². The second kappa shape index (κ2) is 22.0. The van der Waals surface area contributed by atoms with E-state index < -0.39 is 13.3 Å². The molecule has 0 bridgehead atoms. The first-order valence-corrected chi connectivity index (χ1v) is 16.9. The van der Waals surface area contributed by atoms with Gasteiger partial charge < -0.3 is 18.9 Å². The molecule has 1 aromatic carbocycles. The van der Waals surface area contributed by atoms with Crippen LogP contribution in [0.2, 0.25) is 0 Å². The van der Waals surface area contributed by atoms with Gasteiger partial charge in [0.15, 0.2) is 0 Å². The molecule has 0 saturated heterocycles. The number of carbonyl (C=O) groups excluding carboxylic acids is 1. The van der Waals surface area contributed by atoms with Crippen LogP contribution in [0.3, 0.4) is 0 Å². The maximum Gasteiger partial charge on any atom is 0.435 e. The lowest BCUT2D eigenvalue weighted by Gasteiger charge is -2.24. The SMILES string of the molecule is CCCCCCCC(SCCCCCCc1ccccc1)C(C)OCCCOP(=O)(O)C(=O)OCCC. The van der Waals surface area contributed by atoms with Crippen molar-refractivity contribution in [3.8, 4) is 0 Å². The van der Waals surface area contributed by atoms with E-state index >= 15 is 0 Å². The Morgan fingerprint density at radius 2 is 1.59 bits per heavy atom. The lowest BCUT2D eigenvalue weighted by molar-refractivity contribution is 0.0535. The number of ether oxygens (including phenoxy) is 2. The van der Waals surface area contributed by atoms with Crippen LogP contribution in [-0.2, 0) is 25.0 Å². The second-order valence-electron chi connectivity index (χ2n) is 9.66. The Morgan fingerprint density at radius 3 is 2.32 bits per heavy atom. The van der Waals surface area contributed by atoms with Gasteiger partial charge in [-0.2, -0.15) is 11.8 Å². The number of hydrogen-bond acceptors (Lipinski definition) is 6. The number of carbonyl (C=O) groups is 1. The summed E-state index contributed by atoms with van der Waals surface area (Å²) in [6.07, 6.45) is 14.8. The Bertz CT molecular complexity index is 732. The van der Waals surface area contributed by atoms with Crippen molar-refractivity contribution in [3.63, 3.8) is 0 Å². The minimum Gasteiger partial charge on any atom is -0.457 e. The molecule has 6 nitrogen and oxygen atoms in total. The molecule has 0 aromatic heterocycles. The molecule has 1 rings (SSSR count). The van der Waals surface area contributed by atoms with E-state index in [1.165, 1.54) is 63.4 Å². The van der Waals surface area contributed by atoms with Crippen molar-refractivity contribution in [3.05, 3.63) is 35.9 Å². The van der Waals surface area contributed by atoms with Crippen molar-refractivity contribution in [1.82, 2.24) is 0 Å². The van der Waals surface area contributed by atoms with Crippen molar-refractivity contribution in [2.75, 3.05) is 25.6 Å². The third kappa shape index (κ3) is 17.4. The summed E-state index contributed by atoms with van der Waals surface area (Å²) in [5.74, 6) is 1.15. The second-order valence-corrected chi connectivity index (χ2v) is 12.7. The molecule has 37 heavy (non-hydrogen) atoms. The maximum atomic E-state index is 11.9. The van der Waals surface area contributed by atoms with Crippen LogP contribution in [0.15, 0.2) is 30.3 Å². The van der Waals surface area contributed by atoms with Gasteiger partial charge in [0, 0.05) is 11.9 Å². The fraction of sp³-hybridized carbons (Fsp3) is 0.759. The van der Waals surface area contributed by atoms with Crippen LogP contribution in [-0.4, -0.2) is 47.5 Å². The minimum absolute atomic E-state index is 0.0144. The highest BCUT2D eigenvalue weighted by Gasteiger charge is 2.32. The Labute approximate surface area is 230 Å². The first-order valence-electron chi connectivity index (χ1n) is 14.3. The van der Waals surface area contributed by atoms with Gasteiger partial charge in [-0.05, 0) is 56.8 Å². The summed E-state index contributed by atoms with van der Waals surface area (Å²) in [5.41, 5.74) is 0.248. The molecule has 0 amide bonds. The zero-order valence-electron chi connectivity index (χ0n) is 23.4. The molecule has 0 radical (unpaired) electrons. The van der Waals surface area contributed by atoms with E-state index in [-0.39, 0.29) is 19.3 Å². The third-order valence-corrected chi connectivity index (χ3v) is 8.94. The normalized spacial score (nSPS) is 14.7. The van der Waals surface area contributed by atoms with Crippen LogP contribution in [0, 0.1) is 0 Å². The van der Waals surface area contributed by atoms with Crippen molar-refractivity contribution in [2.24, 2.45) is 0 Å². The maximum absolute atomic E-state index is 11.9. The third-order valence-electron chi connectivity index (χ3n) is 6.25. The Balaban J connectivity index is 2.30. The monoisotopic (exact) mass is 558 g/mol. The quantitative estimate of drug-likeness (QED) is 0.100. The highest BCUT2D eigenvalue weighted by Crippen LogP contribution is 2.44. The number of benzene rings is 1. The molecule has 214 valence electrons. The van der Waals surface area contributed by atoms with E-state index in [0.717, 1.165) is 18.6 Å². The minimum atomic E-state index is -4.39. The zero-order chi connectivity index (χ0) is 27.2. The summed E-state index contributed by atoms with van der Waals surface area (Å²) in [5, 5.41) is 0.444. The van der Waals surface area contributed by atoms with Crippen LogP contribution in [0.1, 0.15) is 103 Å². The summed E-state index contributed by atoms with van der Waals surface area (Å²) < 4.78 is 27.6. The first-order chi connectivity index (χ1) is 17.9. The van der Waals surface area contributed by atoms with Crippen molar-refractivity contribution >= 4 is 25.1 Å². The Kier molecular flexibility index (Phi) is 20.3. The molecule has 3 atom stereocenters. The van der Waals surface area contributed by atoms with E-state index in [1.807, 2.05) is 18.7 Å². The molecule has 1 N–H and O–H groups in total. The lowest BCUT2D eigenvalue weighted by Crippen LogP contribution is -2.25. The zero-order valence-corrected chi connectivity index (χ0v) is 25.1. The van der Waals surface area contributed by atoms with Crippen LogP contribution in [0.25, 0.3) is 0 Å². The van der Waals surface area contributed by atoms with Gasteiger partial charge in [0.2, 0.25) is 0 Å². The van der Waals surface area contributed by atoms with Gasteiger partial charge in [0.1, 0.15) is 0 Å². The average Bonchev–Trinajstić information content (AvgIpc) is 2.89. The van der Waals surface area contributed by atoms with Gasteiger partial charge in [-0.15, -0.1) is 0 Å². The fourth-order valence-electron chi connectivity index (χ4n) is 4.01. The summed E-state index contributed by atoms with van der Waals surface area (Å²) in [7, 11) is -4.39. The number of rotatable bonds is 24. The van der Waals surface area contributed by atoms with Crippen molar-refractivity contribution in [1.29, 1.82) is 0 Å². The standard InChI is InChI=1S/C29H51O6PS/c1-4-6-7-8-15-21-28(37-25-16-10-9-12-18-27-19-13-11-14-20-27)26(3)33-23-17-24-35-36(31,32)29(30)34-22-5-2/h11,13-14,19-20,26,28H,4-10,12,15-18,21-25H2,1-3H3,(H,31,32). The van der Waals surface area contributed by atoms with Gasteiger partial charge >= 0.3 is 13.3 Å². The van der Waals surface area contributed by atoms with Crippen LogP contribution < -0.4 is 0 Å². The van der Waals surface area contributed by atoms with Gasteiger partial charge in [-0.1, -0.05) is 89.1 Å². The van der Waals surface area contributed by atoms with Crippen molar-refractivity contribution in [2.45, 2.75) is 116 Å².